The van der Waals surface area contributed by atoms with E-state index in [-0.39, 0.29) is 24.0 Å². The predicted octanol–water partition coefficient (Wildman–Crippen LogP) is 1.10. The first-order valence-electron chi connectivity index (χ1n) is 4.66. The van der Waals surface area contributed by atoms with Crippen LogP contribution in [0.5, 0.6) is 0 Å². The molecule has 0 aliphatic rings. The molecule has 1 aromatic heterocycles. The SMILES string of the molecule is C=CCNC(N)=NCCc1nnc(C)s1.I. The first-order chi connectivity index (χ1) is 7.22. The number of guanidine groups is 1. The Morgan fingerprint density at radius 3 is 2.94 bits per heavy atom. The van der Waals surface area contributed by atoms with Crippen LogP contribution in [0.1, 0.15) is 10.0 Å². The smallest absolute Gasteiger partial charge is 0.188 e. The standard InChI is InChI=1S/C9H15N5S.HI/c1-3-5-11-9(10)12-6-4-8-14-13-7(2)15-8;/h3H,1,4-6H2,2H3,(H3,10,11,12);1H. The monoisotopic (exact) mass is 353 g/mol. The third-order valence-corrected chi connectivity index (χ3v) is 2.50. The van der Waals surface area contributed by atoms with Gasteiger partial charge in [0.25, 0.3) is 0 Å². The van der Waals surface area contributed by atoms with Crippen LogP contribution in [-0.2, 0) is 6.42 Å². The lowest BCUT2D eigenvalue weighted by molar-refractivity contribution is 0.890. The molecule has 0 spiro atoms. The summed E-state index contributed by atoms with van der Waals surface area (Å²) < 4.78 is 0. The van der Waals surface area contributed by atoms with E-state index in [0.717, 1.165) is 16.4 Å². The van der Waals surface area contributed by atoms with Gasteiger partial charge in [-0.05, 0) is 6.92 Å². The third-order valence-electron chi connectivity index (χ3n) is 1.60. The normalized spacial score (nSPS) is 10.7. The highest BCUT2D eigenvalue weighted by atomic mass is 127. The zero-order chi connectivity index (χ0) is 11.1. The number of aryl methyl sites for hydroxylation is 1. The molecule has 1 rings (SSSR count). The van der Waals surface area contributed by atoms with Crippen LogP contribution < -0.4 is 11.1 Å². The zero-order valence-electron chi connectivity index (χ0n) is 9.14. The first kappa shape index (κ1) is 15.3. The number of nitrogens with one attached hydrogen (secondary N) is 1. The molecule has 0 bridgehead atoms. The predicted molar refractivity (Wildman–Crippen MR) is 78.5 cm³/mol. The Labute approximate surface area is 116 Å². The molecule has 0 aliphatic heterocycles. The van der Waals surface area contributed by atoms with Gasteiger partial charge in [-0.3, -0.25) is 4.99 Å². The topological polar surface area (TPSA) is 76.2 Å². The number of hydrogen-bond donors (Lipinski definition) is 2. The number of aromatic nitrogens is 2. The van der Waals surface area contributed by atoms with Crippen molar-refractivity contribution in [1.82, 2.24) is 15.5 Å². The van der Waals surface area contributed by atoms with Gasteiger partial charge in [0.2, 0.25) is 0 Å². The maximum absolute atomic E-state index is 5.59. The quantitative estimate of drug-likeness (QED) is 0.360. The van der Waals surface area contributed by atoms with E-state index in [1.807, 2.05) is 6.92 Å². The fraction of sp³-hybridized carbons (Fsp3) is 0.444. The molecule has 7 heteroatoms. The average molecular weight is 353 g/mol. The molecule has 1 aromatic rings. The molecule has 5 nitrogen and oxygen atoms in total. The minimum Gasteiger partial charge on any atom is -0.370 e. The summed E-state index contributed by atoms with van der Waals surface area (Å²) in [5.74, 6) is 0.441. The Morgan fingerprint density at radius 1 is 1.62 bits per heavy atom. The molecule has 0 fully saturated rings. The van der Waals surface area contributed by atoms with Crippen LogP contribution in [0.4, 0.5) is 0 Å². The Hall–Kier alpha value is -0.700. The van der Waals surface area contributed by atoms with Crippen LogP contribution >= 0.6 is 35.3 Å². The van der Waals surface area contributed by atoms with Crippen molar-refractivity contribution in [3.8, 4) is 0 Å². The van der Waals surface area contributed by atoms with Gasteiger partial charge >= 0.3 is 0 Å². The van der Waals surface area contributed by atoms with Gasteiger partial charge in [-0.15, -0.1) is 52.1 Å². The van der Waals surface area contributed by atoms with E-state index < -0.39 is 0 Å². The lowest BCUT2D eigenvalue weighted by Crippen LogP contribution is -2.31. The van der Waals surface area contributed by atoms with Crippen molar-refractivity contribution < 1.29 is 0 Å². The van der Waals surface area contributed by atoms with Crippen molar-refractivity contribution in [3.63, 3.8) is 0 Å². The molecule has 0 saturated carbocycles. The number of halogens is 1. The van der Waals surface area contributed by atoms with Crippen LogP contribution in [0.25, 0.3) is 0 Å². The molecule has 0 aliphatic carbocycles. The Morgan fingerprint density at radius 2 is 2.38 bits per heavy atom. The van der Waals surface area contributed by atoms with E-state index in [0.29, 0.717) is 19.0 Å². The van der Waals surface area contributed by atoms with E-state index in [9.17, 15) is 0 Å². The van der Waals surface area contributed by atoms with Gasteiger partial charge in [0.1, 0.15) is 10.0 Å². The van der Waals surface area contributed by atoms with Crippen LogP contribution in [0, 0.1) is 6.92 Å². The van der Waals surface area contributed by atoms with Gasteiger partial charge in [-0.25, -0.2) is 0 Å². The number of nitrogens with two attached hydrogens (primary N) is 1. The molecule has 0 saturated heterocycles. The van der Waals surface area contributed by atoms with E-state index >= 15 is 0 Å². The average Bonchev–Trinajstić information content (AvgIpc) is 2.61. The van der Waals surface area contributed by atoms with E-state index in [1.165, 1.54) is 0 Å². The summed E-state index contributed by atoms with van der Waals surface area (Å²) in [6, 6.07) is 0. The fourth-order valence-corrected chi connectivity index (χ4v) is 1.64. The maximum Gasteiger partial charge on any atom is 0.188 e. The molecule has 90 valence electrons. The van der Waals surface area contributed by atoms with Crippen molar-refractivity contribution in [2.24, 2.45) is 10.7 Å². The number of hydrogen-bond acceptors (Lipinski definition) is 4. The molecule has 0 amide bonds. The zero-order valence-corrected chi connectivity index (χ0v) is 12.3. The molecule has 0 atom stereocenters. The summed E-state index contributed by atoms with van der Waals surface area (Å²) in [6.45, 7) is 6.77. The molecule has 0 unspecified atom stereocenters. The molecule has 1 heterocycles. The van der Waals surface area contributed by atoms with Gasteiger partial charge < -0.3 is 11.1 Å². The highest BCUT2D eigenvalue weighted by Crippen LogP contribution is 2.07. The second-order valence-electron chi connectivity index (χ2n) is 2.90. The molecular weight excluding hydrogens is 337 g/mol. The van der Waals surface area contributed by atoms with Crippen LogP contribution in [0.15, 0.2) is 17.6 Å². The largest absolute Gasteiger partial charge is 0.370 e. The summed E-state index contributed by atoms with van der Waals surface area (Å²) in [5.41, 5.74) is 5.59. The molecule has 3 N–H and O–H groups in total. The Bertz CT molecular complexity index is 349. The Balaban J connectivity index is 0.00000225. The maximum atomic E-state index is 5.59. The van der Waals surface area contributed by atoms with Gasteiger partial charge in [0.15, 0.2) is 5.96 Å². The van der Waals surface area contributed by atoms with E-state index in [4.69, 9.17) is 5.73 Å². The van der Waals surface area contributed by atoms with Crippen molar-refractivity contribution in [2.75, 3.05) is 13.1 Å². The number of aliphatic imine (C=N–C) groups is 1. The molecule has 16 heavy (non-hydrogen) atoms. The van der Waals surface area contributed by atoms with Gasteiger partial charge in [-0.2, -0.15) is 0 Å². The fourth-order valence-electron chi connectivity index (χ4n) is 0.943. The summed E-state index contributed by atoms with van der Waals surface area (Å²) in [4.78, 5) is 4.14. The van der Waals surface area contributed by atoms with Crippen molar-refractivity contribution >= 4 is 41.3 Å². The molecule has 0 aromatic carbocycles. The summed E-state index contributed by atoms with van der Waals surface area (Å²) in [7, 11) is 0. The summed E-state index contributed by atoms with van der Waals surface area (Å²) >= 11 is 1.59. The lowest BCUT2D eigenvalue weighted by Gasteiger charge is -2.00. The second-order valence-corrected chi connectivity index (χ2v) is 4.17. The van der Waals surface area contributed by atoms with Gasteiger partial charge in [0.05, 0.1) is 0 Å². The lowest BCUT2D eigenvalue weighted by atomic mass is 10.4. The molecule has 0 radical (unpaired) electrons. The first-order valence-corrected chi connectivity index (χ1v) is 5.47. The van der Waals surface area contributed by atoms with Crippen LogP contribution in [0.3, 0.4) is 0 Å². The minimum atomic E-state index is 0. The van der Waals surface area contributed by atoms with Crippen molar-refractivity contribution in [3.05, 3.63) is 22.7 Å². The number of nitrogens with zero attached hydrogens (tertiary/aromatic N) is 3. The van der Waals surface area contributed by atoms with Gasteiger partial charge in [0, 0.05) is 19.5 Å². The Kier molecular flexibility index (Phi) is 8.08. The third kappa shape index (κ3) is 6.01. The number of rotatable bonds is 5. The summed E-state index contributed by atoms with van der Waals surface area (Å²) in [6.07, 6.45) is 2.51. The minimum absolute atomic E-state index is 0. The highest BCUT2D eigenvalue weighted by molar-refractivity contribution is 14.0. The second kappa shape index (κ2) is 8.45. The van der Waals surface area contributed by atoms with E-state index in [2.05, 4.69) is 27.1 Å². The van der Waals surface area contributed by atoms with Crippen LogP contribution in [-0.4, -0.2) is 29.2 Å². The van der Waals surface area contributed by atoms with Gasteiger partial charge in [-0.1, -0.05) is 6.08 Å². The van der Waals surface area contributed by atoms with Crippen LogP contribution in [0.2, 0.25) is 0 Å². The molecular formula is C9H16IN5S. The van der Waals surface area contributed by atoms with Crippen molar-refractivity contribution in [1.29, 1.82) is 0 Å². The summed E-state index contributed by atoms with van der Waals surface area (Å²) in [5, 5.41) is 12.8. The highest BCUT2D eigenvalue weighted by Gasteiger charge is 1.99. The van der Waals surface area contributed by atoms with Crippen molar-refractivity contribution in [2.45, 2.75) is 13.3 Å². The van der Waals surface area contributed by atoms with E-state index in [1.54, 1.807) is 17.4 Å².